The van der Waals surface area contributed by atoms with Crippen molar-refractivity contribution in [3.05, 3.63) is 74.9 Å². The molecule has 0 saturated heterocycles. The fourth-order valence-electron chi connectivity index (χ4n) is 4.54. The second-order valence-corrected chi connectivity index (χ2v) is 25.5. The maximum absolute atomic E-state index is 5.20. The summed E-state index contributed by atoms with van der Waals surface area (Å²) in [5.74, 6) is 0.107. The summed E-state index contributed by atoms with van der Waals surface area (Å²) in [5, 5.41) is 7.04. The molecule has 0 fully saturated rings. The van der Waals surface area contributed by atoms with E-state index in [2.05, 4.69) is 124 Å². The van der Waals surface area contributed by atoms with Crippen molar-refractivity contribution in [3.63, 3.8) is 0 Å². The molecule has 0 aliphatic heterocycles. The summed E-state index contributed by atoms with van der Waals surface area (Å²) in [6, 6.07) is 14.7. The van der Waals surface area contributed by atoms with Crippen LogP contribution in [0.5, 0.6) is 0 Å². The summed E-state index contributed by atoms with van der Waals surface area (Å²) in [6.45, 7) is 26.9. The van der Waals surface area contributed by atoms with Crippen LogP contribution in [0.4, 0.5) is 5.69 Å². The molecule has 3 rings (SSSR count). The number of aryl methyl sites for hydroxylation is 4. The number of nitrogens with one attached hydrogen (secondary N) is 2. The standard InChI is InChI=1S/C19H26N5Si.C6H18NSi2.Mg/c1-14-12-16(3)23(20-14)19(24-17(4)13-15(2)21-24)25(5,6)22-18-10-8-7-9-11-18;1-8(2,3)7-9(4,5)6;/h7-13,19H,1-6H3;1-6H3;/q2*-1;+2/p+2. The Morgan fingerprint density at radius 1 is 0.686 bits per heavy atom. The molecule has 0 atom stereocenters. The van der Waals surface area contributed by atoms with E-state index in [1.165, 1.54) is 11.4 Å². The van der Waals surface area contributed by atoms with Crippen molar-refractivity contribution in [1.29, 1.82) is 0 Å². The molecule has 2 aromatic heterocycles. The van der Waals surface area contributed by atoms with E-state index in [9.17, 15) is 0 Å². The van der Waals surface area contributed by atoms with Gasteiger partial charge in [-0.3, -0.25) is 0 Å². The molecule has 0 radical (unpaired) electrons. The maximum Gasteiger partial charge on any atom is 2.00 e. The first-order chi connectivity index (χ1) is 15.5. The minimum atomic E-state index is -2.10. The zero-order valence-corrected chi connectivity index (χ0v) is 28.5. The van der Waals surface area contributed by atoms with Gasteiger partial charge in [0.15, 0.2) is 5.79 Å². The van der Waals surface area contributed by atoms with Crippen LogP contribution < -0.4 is 10.2 Å². The van der Waals surface area contributed by atoms with Crippen molar-refractivity contribution >= 4 is 53.4 Å². The maximum atomic E-state index is 5.20. The molecule has 2 N–H and O–H groups in total. The predicted molar refractivity (Wildman–Crippen MR) is 158 cm³/mol. The third-order valence-corrected chi connectivity index (χ3v) is 13.2. The number of aromatic nitrogens is 4. The van der Waals surface area contributed by atoms with Crippen LogP contribution in [0.1, 0.15) is 28.6 Å². The number of rotatable bonds is 7. The summed E-state index contributed by atoms with van der Waals surface area (Å²) in [5.41, 5.74) is 5.80. The van der Waals surface area contributed by atoms with Crippen LogP contribution in [-0.4, -0.2) is 57.1 Å². The zero-order chi connectivity index (χ0) is 25.9. The molecule has 35 heavy (non-hydrogen) atoms. The SMILES string of the molecule is C[Si](C)(C)[N-][Si](C)(C)C.Cc1cc(C)n(C(n2[nH+]c(C)cc2C)[Si](C)(C)[N-]c2ccccc2)[nH+]1.[Mg+2]. The predicted octanol–water partition coefficient (Wildman–Crippen LogP) is 6.30. The second kappa shape index (κ2) is 12.4. The van der Waals surface area contributed by atoms with E-state index in [0.29, 0.717) is 0 Å². The fraction of sp³-hybridized carbons (Fsp3) is 0.520. The van der Waals surface area contributed by atoms with Crippen molar-refractivity contribution in [2.45, 2.75) is 85.9 Å². The van der Waals surface area contributed by atoms with Gasteiger partial charge in [0.25, 0.3) is 0 Å². The Morgan fingerprint density at radius 2 is 1.09 bits per heavy atom. The first kappa shape index (κ1) is 31.8. The van der Waals surface area contributed by atoms with Crippen LogP contribution >= 0.6 is 0 Å². The molecule has 0 amide bonds. The zero-order valence-electron chi connectivity index (χ0n) is 24.1. The van der Waals surface area contributed by atoms with Crippen LogP contribution in [0.3, 0.4) is 0 Å². The third-order valence-electron chi connectivity index (χ3n) is 5.17. The average molecular weight is 539 g/mol. The van der Waals surface area contributed by atoms with Crippen LogP contribution in [0, 0.1) is 27.7 Å². The van der Waals surface area contributed by atoms with E-state index in [0.717, 1.165) is 17.1 Å². The van der Waals surface area contributed by atoms with E-state index < -0.39 is 24.7 Å². The van der Waals surface area contributed by atoms with Crippen molar-refractivity contribution < 1.29 is 10.2 Å². The van der Waals surface area contributed by atoms with Crippen LogP contribution in [0.25, 0.3) is 9.63 Å². The van der Waals surface area contributed by atoms with Gasteiger partial charge in [-0.1, -0.05) is 99.2 Å². The van der Waals surface area contributed by atoms with Gasteiger partial charge in [-0.25, -0.2) is 0 Å². The smallest absolute Gasteiger partial charge is 0.684 e. The normalized spacial score (nSPS) is 12.1. The van der Waals surface area contributed by atoms with Crippen molar-refractivity contribution in [2.24, 2.45) is 0 Å². The second-order valence-electron chi connectivity index (χ2n) is 11.8. The topological polar surface area (TPSA) is 66.3 Å². The number of benzene rings is 1. The Balaban J connectivity index is 0.000000526. The molecule has 0 spiro atoms. The van der Waals surface area contributed by atoms with Gasteiger partial charge < -0.3 is 9.63 Å². The molecular weight excluding hydrogens is 493 g/mol. The average Bonchev–Trinajstić information content (AvgIpc) is 3.13. The van der Waals surface area contributed by atoms with Gasteiger partial charge in [0, 0.05) is 34.2 Å². The summed E-state index contributed by atoms with van der Waals surface area (Å²) in [6.07, 6.45) is 0. The molecule has 0 unspecified atom stereocenters. The van der Waals surface area contributed by atoms with Gasteiger partial charge in [-0.2, -0.15) is 0 Å². The van der Waals surface area contributed by atoms with E-state index in [1.54, 1.807) is 0 Å². The van der Waals surface area contributed by atoms with Gasteiger partial charge in [0.1, 0.15) is 0 Å². The molecule has 188 valence electrons. The van der Waals surface area contributed by atoms with Crippen molar-refractivity contribution in [3.8, 4) is 0 Å². The quantitative estimate of drug-likeness (QED) is 0.317. The number of aromatic amines is 2. The van der Waals surface area contributed by atoms with E-state index in [4.69, 9.17) is 9.63 Å². The Labute approximate surface area is 232 Å². The van der Waals surface area contributed by atoms with Crippen molar-refractivity contribution in [2.75, 3.05) is 0 Å². The van der Waals surface area contributed by atoms with Crippen LogP contribution in [0.2, 0.25) is 52.4 Å². The van der Waals surface area contributed by atoms with Gasteiger partial charge >= 0.3 is 23.1 Å². The third kappa shape index (κ3) is 10.0. The summed E-state index contributed by atoms with van der Waals surface area (Å²) < 4.78 is 9.34. The number of hydrogen-bond donors (Lipinski definition) is 0. The largest absolute Gasteiger partial charge is 2.00 e. The van der Waals surface area contributed by atoms with Gasteiger partial charge in [0.05, 0.1) is 11.4 Å². The van der Waals surface area contributed by atoms with Gasteiger partial charge in [0.2, 0.25) is 11.4 Å². The van der Waals surface area contributed by atoms with E-state index in [-0.39, 0.29) is 28.8 Å². The monoisotopic (exact) mass is 538 g/mol. The molecule has 6 nitrogen and oxygen atoms in total. The number of hydrogen-bond acceptors (Lipinski definition) is 0. The summed E-state index contributed by atoms with van der Waals surface area (Å²) in [4.78, 5) is 5.20. The molecule has 2 heterocycles. The molecule has 0 saturated carbocycles. The fourth-order valence-corrected chi connectivity index (χ4v) is 15.3. The Bertz CT molecular complexity index is 1010. The molecule has 3 aromatic rings. The first-order valence-corrected chi connectivity index (χ1v) is 22.1. The van der Waals surface area contributed by atoms with E-state index in [1.807, 2.05) is 18.2 Å². The number of H-pyrrole nitrogens is 2. The van der Waals surface area contributed by atoms with Gasteiger partial charge in [-0.15, -0.1) is 25.2 Å². The molecular formula is C25H46MgN6Si3+2. The molecule has 0 aliphatic carbocycles. The van der Waals surface area contributed by atoms with Gasteiger partial charge in [-0.05, 0) is 13.8 Å². The Morgan fingerprint density at radius 3 is 1.37 bits per heavy atom. The molecule has 10 heteroatoms. The van der Waals surface area contributed by atoms with Crippen LogP contribution in [-0.2, 0) is 0 Å². The Kier molecular flexibility index (Phi) is 11.3. The number of nitrogens with zero attached hydrogens (tertiary/aromatic N) is 4. The van der Waals surface area contributed by atoms with Crippen molar-refractivity contribution in [1.82, 2.24) is 9.36 Å². The minimum Gasteiger partial charge on any atom is -0.684 e. The molecule has 1 aromatic carbocycles. The molecule has 0 bridgehead atoms. The summed E-state index contributed by atoms with van der Waals surface area (Å²) >= 11 is 0. The van der Waals surface area contributed by atoms with E-state index >= 15 is 0 Å². The first-order valence-electron chi connectivity index (χ1n) is 12.2. The van der Waals surface area contributed by atoms with Crippen LogP contribution in [0.15, 0.2) is 42.5 Å². The molecule has 0 aliphatic rings. The minimum absolute atomic E-state index is 0. The Hall–Kier alpha value is -1.18. The summed E-state index contributed by atoms with van der Waals surface area (Å²) in [7, 11) is -4.31.